The van der Waals surface area contributed by atoms with Gasteiger partial charge in [-0.3, -0.25) is 4.79 Å². The first kappa shape index (κ1) is 12.6. The number of fused-ring (bicyclic) bond motifs is 1. The smallest absolute Gasteiger partial charge is 0.145 e. The standard InChI is InChI=1S/C15H22O2/c1-15(2)13-7-6-11(9-16)4-3-5-12(10-17)8-14(13)15/h4,8,10,13-14,16H,3,5-7,9H2,1-2H3. The maximum absolute atomic E-state index is 11.0. The molecule has 0 bridgehead atoms. The van der Waals surface area contributed by atoms with Gasteiger partial charge in [-0.1, -0.05) is 26.0 Å². The zero-order valence-electron chi connectivity index (χ0n) is 10.8. The molecule has 2 aliphatic carbocycles. The van der Waals surface area contributed by atoms with Gasteiger partial charge in [0.2, 0.25) is 0 Å². The van der Waals surface area contributed by atoms with Crippen LogP contribution in [0.15, 0.2) is 23.3 Å². The zero-order valence-corrected chi connectivity index (χ0v) is 10.8. The normalized spacial score (nSPS) is 31.9. The molecule has 2 rings (SSSR count). The minimum Gasteiger partial charge on any atom is -0.392 e. The number of rotatable bonds is 2. The third kappa shape index (κ3) is 2.52. The number of carbonyl (C=O) groups excluding carboxylic acids is 1. The van der Waals surface area contributed by atoms with E-state index in [2.05, 4.69) is 26.0 Å². The fraction of sp³-hybridized carbons (Fsp3) is 0.667. The van der Waals surface area contributed by atoms with E-state index < -0.39 is 0 Å². The van der Waals surface area contributed by atoms with Gasteiger partial charge < -0.3 is 5.11 Å². The summed E-state index contributed by atoms with van der Waals surface area (Å²) in [6.45, 7) is 4.72. The van der Waals surface area contributed by atoms with E-state index in [9.17, 15) is 9.90 Å². The molecule has 0 aromatic carbocycles. The van der Waals surface area contributed by atoms with Crippen LogP contribution in [0.25, 0.3) is 0 Å². The molecule has 1 fully saturated rings. The molecular formula is C15H22O2. The van der Waals surface area contributed by atoms with E-state index in [1.54, 1.807) is 0 Å². The summed E-state index contributed by atoms with van der Waals surface area (Å²) in [6, 6.07) is 0. The molecule has 0 spiro atoms. The first-order valence-corrected chi connectivity index (χ1v) is 6.54. The lowest BCUT2D eigenvalue weighted by molar-refractivity contribution is -0.105. The Morgan fingerprint density at radius 2 is 2.24 bits per heavy atom. The number of allylic oxidation sites excluding steroid dienone is 3. The number of carbonyl (C=O) groups is 1. The van der Waals surface area contributed by atoms with Gasteiger partial charge in [0.25, 0.3) is 0 Å². The van der Waals surface area contributed by atoms with Gasteiger partial charge in [0.1, 0.15) is 6.29 Å². The molecule has 1 N–H and O–H groups in total. The molecule has 2 unspecified atom stereocenters. The molecule has 2 nitrogen and oxygen atoms in total. The number of hydrogen-bond donors (Lipinski definition) is 1. The van der Waals surface area contributed by atoms with Crippen LogP contribution in [0.2, 0.25) is 0 Å². The van der Waals surface area contributed by atoms with Crippen LogP contribution in [0.5, 0.6) is 0 Å². The highest BCUT2D eigenvalue weighted by Gasteiger charge is 2.55. The second kappa shape index (κ2) is 4.77. The van der Waals surface area contributed by atoms with Gasteiger partial charge in [0.15, 0.2) is 0 Å². The van der Waals surface area contributed by atoms with Gasteiger partial charge in [0, 0.05) is 0 Å². The predicted molar refractivity (Wildman–Crippen MR) is 68.5 cm³/mol. The Morgan fingerprint density at radius 1 is 1.47 bits per heavy atom. The van der Waals surface area contributed by atoms with Crippen molar-refractivity contribution < 1.29 is 9.90 Å². The monoisotopic (exact) mass is 234 g/mol. The average Bonchev–Trinajstić information content (AvgIpc) is 2.84. The lowest BCUT2D eigenvalue weighted by Crippen LogP contribution is -1.96. The van der Waals surface area contributed by atoms with Crippen molar-refractivity contribution in [3.05, 3.63) is 23.3 Å². The van der Waals surface area contributed by atoms with Crippen molar-refractivity contribution in [1.82, 2.24) is 0 Å². The summed E-state index contributed by atoms with van der Waals surface area (Å²) in [5.41, 5.74) is 2.40. The minimum absolute atomic E-state index is 0.165. The quantitative estimate of drug-likeness (QED) is 0.589. The van der Waals surface area contributed by atoms with Crippen molar-refractivity contribution in [1.29, 1.82) is 0 Å². The highest BCUT2D eigenvalue weighted by Crippen LogP contribution is 2.61. The van der Waals surface area contributed by atoms with E-state index in [0.29, 0.717) is 17.3 Å². The van der Waals surface area contributed by atoms with Crippen LogP contribution >= 0.6 is 0 Å². The second-order valence-electron chi connectivity index (χ2n) is 5.91. The van der Waals surface area contributed by atoms with Crippen molar-refractivity contribution >= 4 is 6.29 Å². The summed E-state index contributed by atoms with van der Waals surface area (Å²) in [6.07, 6.45) is 9.12. The molecule has 0 aliphatic heterocycles. The Hall–Kier alpha value is -0.890. The van der Waals surface area contributed by atoms with Crippen molar-refractivity contribution in [2.45, 2.75) is 39.5 Å². The first-order valence-electron chi connectivity index (χ1n) is 6.54. The van der Waals surface area contributed by atoms with E-state index >= 15 is 0 Å². The SMILES string of the molecule is CC1(C)C2C=C(C=O)CCC=C(CO)CCC21. The Bertz CT molecular complexity index is 363. The minimum atomic E-state index is 0.165. The first-order chi connectivity index (χ1) is 8.09. The van der Waals surface area contributed by atoms with Gasteiger partial charge in [-0.15, -0.1) is 0 Å². The molecular weight excluding hydrogens is 212 g/mol. The highest BCUT2D eigenvalue weighted by atomic mass is 16.3. The molecule has 0 saturated heterocycles. The topological polar surface area (TPSA) is 37.3 Å². The summed E-state index contributed by atoms with van der Waals surface area (Å²) < 4.78 is 0. The largest absolute Gasteiger partial charge is 0.392 e. The number of aliphatic hydroxyl groups is 1. The van der Waals surface area contributed by atoms with E-state index in [1.165, 1.54) is 0 Å². The maximum Gasteiger partial charge on any atom is 0.145 e. The molecule has 17 heavy (non-hydrogen) atoms. The van der Waals surface area contributed by atoms with Crippen LogP contribution in [0.1, 0.15) is 39.5 Å². The van der Waals surface area contributed by atoms with E-state index in [-0.39, 0.29) is 6.61 Å². The molecule has 2 heteroatoms. The molecule has 2 atom stereocenters. The van der Waals surface area contributed by atoms with Crippen LogP contribution in [0.4, 0.5) is 0 Å². The molecule has 0 aromatic heterocycles. The summed E-state index contributed by atoms with van der Waals surface area (Å²) in [5.74, 6) is 1.23. The van der Waals surface area contributed by atoms with E-state index in [4.69, 9.17) is 0 Å². The van der Waals surface area contributed by atoms with Gasteiger partial charge in [-0.25, -0.2) is 0 Å². The number of aliphatic hydroxyl groups excluding tert-OH is 1. The van der Waals surface area contributed by atoms with Crippen molar-refractivity contribution in [3.8, 4) is 0 Å². The molecule has 0 aromatic rings. The van der Waals surface area contributed by atoms with E-state index in [1.807, 2.05) is 0 Å². The zero-order chi connectivity index (χ0) is 12.5. The number of hydrogen-bond acceptors (Lipinski definition) is 2. The van der Waals surface area contributed by atoms with Gasteiger partial charge in [-0.2, -0.15) is 0 Å². The van der Waals surface area contributed by atoms with Gasteiger partial charge in [0.05, 0.1) is 6.61 Å². The second-order valence-corrected chi connectivity index (χ2v) is 5.91. The third-order valence-electron chi connectivity index (χ3n) is 4.53. The Labute approximate surface area is 103 Å². The lowest BCUT2D eigenvalue weighted by Gasteiger charge is -2.06. The van der Waals surface area contributed by atoms with Crippen LogP contribution in [-0.2, 0) is 4.79 Å². The fourth-order valence-electron chi connectivity index (χ4n) is 3.11. The Morgan fingerprint density at radius 3 is 2.88 bits per heavy atom. The lowest BCUT2D eigenvalue weighted by atomic mass is 10.0. The van der Waals surface area contributed by atoms with Crippen LogP contribution in [-0.4, -0.2) is 18.0 Å². The molecule has 2 aliphatic rings. The van der Waals surface area contributed by atoms with Crippen LogP contribution in [0, 0.1) is 17.3 Å². The van der Waals surface area contributed by atoms with E-state index in [0.717, 1.165) is 43.1 Å². The van der Waals surface area contributed by atoms with Crippen molar-refractivity contribution in [2.75, 3.05) is 6.61 Å². The maximum atomic E-state index is 11.0. The van der Waals surface area contributed by atoms with Crippen LogP contribution < -0.4 is 0 Å². The average molecular weight is 234 g/mol. The van der Waals surface area contributed by atoms with Gasteiger partial charge in [-0.05, 0) is 54.1 Å². The molecule has 94 valence electrons. The molecule has 0 heterocycles. The molecule has 0 radical (unpaired) electrons. The summed E-state index contributed by atoms with van der Waals surface area (Å²) in [5, 5.41) is 9.27. The van der Waals surface area contributed by atoms with Crippen molar-refractivity contribution in [2.24, 2.45) is 17.3 Å². The summed E-state index contributed by atoms with van der Waals surface area (Å²) in [4.78, 5) is 11.0. The van der Waals surface area contributed by atoms with Gasteiger partial charge >= 0.3 is 0 Å². The third-order valence-corrected chi connectivity index (χ3v) is 4.53. The summed E-state index contributed by atoms with van der Waals surface area (Å²) >= 11 is 0. The molecule has 0 amide bonds. The predicted octanol–water partition coefficient (Wildman–Crippen LogP) is 2.88. The Kier molecular flexibility index (Phi) is 3.53. The molecule has 1 saturated carbocycles. The highest BCUT2D eigenvalue weighted by molar-refractivity contribution is 5.73. The number of aldehydes is 1. The van der Waals surface area contributed by atoms with Crippen molar-refractivity contribution in [3.63, 3.8) is 0 Å². The summed E-state index contributed by atoms with van der Waals surface area (Å²) in [7, 11) is 0. The van der Waals surface area contributed by atoms with Crippen LogP contribution in [0.3, 0.4) is 0 Å². The fourth-order valence-corrected chi connectivity index (χ4v) is 3.11. The Balaban J connectivity index is 2.17.